The summed E-state index contributed by atoms with van der Waals surface area (Å²) in [6.07, 6.45) is 3.59. The van der Waals surface area contributed by atoms with E-state index < -0.39 is 0 Å². The van der Waals surface area contributed by atoms with E-state index in [4.69, 9.17) is 9.97 Å². The highest BCUT2D eigenvalue weighted by molar-refractivity contribution is 5.82. The molecule has 0 aliphatic carbocycles. The van der Waals surface area contributed by atoms with Gasteiger partial charge in [-0.1, -0.05) is 26.0 Å². The van der Waals surface area contributed by atoms with Crippen molar-refractivity contribution >= 4 is 16.9 Å². The first kappa shape index (κ1) is 16.2. The van der Waals surface area contributed by atoms with Crippen molar-refractivity contribution in [3.63, 3.8) is 0 Å². The molecule has 0 saturated carbocycles. The third kappa shape index (κ3) is 3.81. The van der Waals surface area contributed by atoms with E-state index in [9.17, 15) is 0 Å². The van der Waals surface area contributed by atoms with Gasteiger partial charge in [-0.15, -0.1) is 0 Å². The number of hydrogen-bond donors (Lipinski definition) is 1. The van der Waals surface area contributed by atoms with Gasteiger partial charge in [-0.2, -0.15) is 0 Å². The number of rotatable bonds is 3. The lowest BCUT2D eigenvalue weighted by atomic mass is 10.1. The molecule has 2 heterocycles. The molecule has 0 unspecified atom stereocenters. The second-order valence-electron chi connectivity index (χ2n) is 7.07. The molecule has 1 fully saturated rings. The molecular formula is C19H28N4. The maximum atomic E-state index is 4.84. The minimum atomic E-state index is 0.550. The van der Waals surface area contributed by atoms with Gasteiger partial charge >= 0.3 is 0 Å². The standard InChI is InChI=1S/C19H28N4/c1-13(2)20-16-6-5-10-23(11-9-16)19-21-15(4)17-8-7-14(3)12-18(17)22-19/h7-8,12-13,16,20H,5-6,9-11H2,1-4H3/t16-/m0/s1. The number of hydrogen-bond acceptors (Lipinski definition) is 4. The van der Waals surface area contributed by atoms with Crippen LogP contribution in [0.1, 0.15) is 44.4 Å². The summed E-state index contributed by atoms with van der Waals surface area (Å²) in [5.74, 6) is 0.894. The summed E-state index contributed by atoms with van der Waals surface area (Å²) in [4.78, 5) is 12.0. The Balaban J connectivity index is 1.82. The van der Waals surface area contributed by atoms with Crippen molar-refractivity contribution in [1.82, 2.24) is 15.3 Å². The van der Waals surface area contributed by atoms with Crippen molar-refractivity contribution in [2.75, 3.05) is 18.0 Å². The third-order valence-corrected chi connectivity index (χ3v) is 4.61. The van der Waals surface area contributed by atoms with Crippen LogP contribution in [0.25, 0.3) is 10.9 Å². The van der Waals surface area contributed by atoms with Crippen LogP contribution < -0.4 is 10.2 Å². The average molecular weight is 312 g/mol. The Labute approximate surface area is 139 Å². The second-order valence-corrected chi connectivity index (χ2v) is 7.07. The summed E-state index contributed by atoms with van der Waals surface area (Å²) in [7, 11) is 0. The number of fused-ring (bicyclic) bond motifs is 1. The van der Waals surface area contributed by atoms with Crippen LogP contribution in [0.5, 0.6) is 0 Å². The minimum absolute atomic E-state index is 0.550. The van der Waals surface area contributed by atoms with Crippen LogP contribution in [0.4, 0.5) is 5.95 Å². The van der Waals surface area contributed by atoms with Crippen molar-refractivity contribution in [3.8, 4) is 0 Å². The van der Waals surface area contributed by atoms with E-state index >= 15 is 0 Å². The van der Waals surface area contributed by atoms with E-state index in [0.29, 0.717) is 12.1 Å². The fourth-order valence-corrected chi connectivity index (χ4v) is 3.46. The van der Waals surface area contributed by atoms with Gasteiger partial charge in [0.05, 0.1) is 11.2 Å². The highest BCUT2D eigenvalue weighted by Crippen LogP contribution is 2.22. The molecule has 0 amide bonds. The first-order valence-corrected chi connectivity index (χ1v) is 8.79. The van der Waals surface area contributed by atoms with Crippen LogP contribution in [-0.2, 0) is 0 Å². The van der Waals surface area contributed by atoms with Gasteiger partial charge in [-0.25, -0.2) is 9.97 Å². The quantitative estimate of drug-likeness (QED) is 0.940. The zero-order chi connectivity index (χ0) is 16.4. The molecule has 1 saturated heterocycles. The topological polar surface area (TPSA) is 41.1 Å². The van der Waals surface area contributed by atoms with E-state index in [1.807, 2.05) is 0 Å². The predicted octanol–water partition coefficient (Wildman–Crippen LogP) is 3.60. The largest absolute Gasteiger partial charge is 0.341 e. The number of aryl methyl sites for hydroxylation is 2. The Morgan fingerprint density at radius 1 is 1.13 bits per heavy atom. The Kier molecular flexibility index (Phi) is 4.81. The summed E-state index contributed by atoms with van der Waals surface area (Å²) in [5.41, 5.74) is 3.39. The SMILES string of the molecule is Cc1ccc2c(C)nc(N3CCC[C@H](NC(C)C)CC3)nc2c1. The monoisotopic (exact) mass is 312 g/mol. The van der Waals surface area contributed by atoms with Crippen molar-refractivity contribution in [2.24, 2.45) is 0 Å². The number of nitrogens with one attached hydrogen (secondary N) is 1. The van der Waals surface area contributed by atoms with Crippen LogP contribution in [-0.4, -0.2) is 35.1 Å². The molecule has 2 aromatic rings. The molecule has 0 spiro atoms. The average Bonchev–Trinajstić information content (AvgIpc) is 2.71. The maximum absolute atomic E-state index is 4.84. The van der Waals surface area contributed by atoms with E-state index in [0.717, 1.165) is 42.1 Å². The highest BCUT2D eigenvalue weighted by Gasteiger charge is 2.19. The Morgan fingerprint density at radius 3 is 2.74 bits per heavy atom. The molecule has 124 valence electrons. The van der Waals surface area contributed by atoms with Crippen molar-refractivity contribution in [1.29, 1.82) is 0 Å². The number of nitrogens with zero attached hydrogens (tertiary/aromatic N) is 3. The molecule has 0 bridgehead atoms. The van der Waals surface area contributed by atoms with Gasteiger partial charge in [0.15, 0.2) is 0 Å². The summed E-state index contributed by atoms with van der Waals surface area (Å²) >= 11 is 0. The summed E-state index contributed by atoms with van der Waals surface area (Å²) in [6.45, 7) is 10.7. The van der Waals surface area contributed by atoms with Crippen molar-refractivity contribution < 1.29 is 0 Å². The van der Waals surface area contributed by atoms with Gasteiger partial charge in [-0.05, 0) is 44.7 Å². The smallest absolute Gasteiger partial charge is 0.226 e. The van der Waals surface area contributed by atoms with E-state index in [-0.39, 0.29) is 0 Å². The molecule has 3 rings (SSSR count). The van der Waals surface area contributed by atoms with Crippen LogP contribution in [0.2, 0.25) is 0 Å². The first-order valence-electron chi connectivity index (χ1n) is 8.79. The Morgan fingerprint density at radius 2 is 1.96 bits per heavy atom. The zero-order valence-electron chi connectivity index (χ0n) is 14.8. The van der Waals surface area contributed by atoms with Crippen LogP contribution in [0.15, 0.2) is 18.2 Å². The molecule has 4 heteroatoms. The lowest BCUT2D eigenvalue weighted by Gasteiger charge is -2.22. The van der Waals surface area contributed by atoms with Gasteiger partial charge in [-0.3, -0.25) is 0 Å². The number of anilines is 1. The van der Waals surface area contributed by atoms with Gasteiger partial charge < -0.3 is 10.2 Å². The molecule has 1 aliphatic rings. The summed E-state index contributed by atoms with van der Waals surface area (Å²) < 4.78 is 0. The molecule has 1 aromatic carbocycles. The molecular weight excluding hydrogens is 284 g/mol. The van der Waals surface area contributed by atoms with Crippen molar-refractivity contribution in [3.05, 3.63) is 29.5 Å². The molecule has 4 nitrogen and oxygen atoms in total. The van der Waals surface area contributed by atoms with Crippen LogP contribution in [0.3, 0.4) is 0 Å². The van der Waals surface area contributed by atoms with Crippen LogP contribution >= 0.6 is 0 Å². The molecule has 1 aliphatic heterocycles. The van der Waals surface area contributed by atoms with Gasteiger partial charge in [0.2, 0.25) is 5.95 Å². The van der Waals surface area contributed by atoms with Gasteiger partial charge in [0, 0.05) is 30.6 Å². The lowest BCUT2D eigenvalue weighted by molar-refractivity contribution is 0.430. The number of aromatic nitrogens is 2. The van der Waals surface area contributed by atoms with E-state index in [2.05, 4.69) is 56.1 Å². The van der Waals surface area contributed by atoms with Gasteiger partial charge in [0.1, 0.15) is 0 Å². The Hall–Kier alpha value is -1.68. The fraction of sp³-hybridized carbons (Fsp3) is 0.579. The van der Waals surface area contributed by atoms with Crippen molar-refractivity contribution in [2.45, 2.75) is 59.0 Å². The normalized spacial score (nSPS) is 19.3. The van der Waals surface area contributed by atoms with Crippen LogP contribution in [0, 0.1) is 13.8 Å². The van der Waals surface area contributed by atoms with E-state index in [1.54, 1.807) is 0 Å². The summed E-state index contributed by atoms with van der Waals surface area (Å²) in [5, 5.41) is 4.84. The van der Waals surface area contributed by atoms with Gasteiger partial charge in [0.25, 0.3) is 0 Å². The maximum Gasteiger partial charge on any atom is 0.226 e. The molecule has 0 radical (unpaired) electrons. The fourth-order valence-electron chi connectivity index (χ4n) is 3.46. The minimum Gasteiger partial charge on any atom is -0.341 e. The lowest BCUT2D eigenvalue weighted by Crippen LogP contribution is -2.35. The second kappa shape index (κ2) is 6.83. The predicted molar refractivity (Wildman–Crippen MR) is 97.1 cm³/mol. The molecule has 23 heavy (non-hydrogen) atoms. The molecule has 1 aromatic heterocycles. The molecule has 1 atom stereocenters. The number of benzene rings is 1. The molecule has 1 N–H and O–H groups in total. The summed E-state index contributed by atoms with van der Waals surface area (Å²) in [6, 6.07) is 7.59. The Bertz CT molecular complexity index is 680. The van der Waals surface area contributed by atoms with E-state index in [1.165, 1.54) is 18.4 Å². The highest BCUT2D eigenvalue weighted by atomic mass is 15.3. The third-order valence-electron chi connectivity index (χ3n) is 4.61. The zero-order valence-corrected chi connectivity index (χ0v) is 14.8. The first-order chi connectivity index (χ1) is 11.0.